The van der Waals surface area contributed by atoms with Crippen LogP contribution in [0.2, 0.25) is 0 Å². The van der Waals surface area contributed by atoms with E-state index in [9.17, 15) is 0 Å². The van der Waals surface area contributed by atoms with Gasteiger partial charge in [-0.1, -0.05) is 34.1 Å². The third-order valence-corrected chi connectivity index (χ3v) is 3.98. The molecule has 0 aliphatic heterocycles. The van der Waals surface area contributed by atoms with Crippen LogP contribution in [-0.4, -0.2) is 23.5 Å². The predicted molar refractivity (Wildman–Crippen MR) is 87.1 cm³/mol. The number of benzene rings is 1. The summed E-state index contributed by atoms with van der Waals surface area (Å²) in [5.41, 5.74) is 10.00. The van der Waals surface area contributed by atoms with Crippen molar-refractivity contribution in [3.05, 3.63) is 47.1 Å². The van der Waals surface area contributed by atoms with Crippen molar-refractivity contribution in [2.45, 2.75) is 0 Å². The van der Waals surface area contributed by atoms with E-state index < -0.39 is 0 Å². The molecule has 20 heavy (non-hydrogen) atoms. The lowest BCUT2D eigenvalue weighted by Crippen LogP contribution is -2.09. The zero-order chi connectivity index (χ0) is 14.3. The SMILES string of the molecule is CN(C)c1ccc2nc(-c3ccccc3Br)c(N)n2c1. The predicted octanol–water partition coefficient (Wildman–Crippen LogP) is 3.41. The maximum Gasteiger partial charge on any atom is 0.139 e. The summed E-state index contributed by atoms with van der Waals surface area (Å²) in [4.78, 5) is 6.67. The van der Waals surface area contributed by atoms with Gasteiger partial charge in [-0.2, -0.15) is 0 Å². The normalized spacial score (nSPS) is 10.9. The van der Waals surface area contributed by atoms with E-state index in [4.69, 9.17) is 5.73 Å². The number of halogens is 1. The van der Waals surface area contributed by atoms with Crippen LogP contribution in [0.15, 0.2) is 47.1 Å². The van der Waals surface area contributed by atoms with Gasteiger partial charge < -0.3 is 10.6 Å². The number of anilines is 2. The van der Waals surface area contributed by atoms with Gasteiger partial charge in [-0.15, -0.1) is 0 Å². The fourth-order valence-electron chi connectivity index (χ4n) is 2.17. The molecule has 1 aromatic carbocycles. The first-order valence-electron chi connectivity index (χ1n) is 6.28. The van der Waals surface area contributed by atoms with E-state index in [1.807, 2.05) is 66.0 Å². The first kappa shape index (κ1) is 13.0. The summed E-state index contributed by atoms with van der Waals surface area (Å²) in [6, 6.07) is 12.0. The molecular formula is C15H15BrN4. The van der Waals surface area contributed by atoms with Crippen molar-refractivity contribution >= 4 is 33.1 Å². The Morgan fingerprint density at radius 1 is 1.15 bits per heavy atom. The van der Waals surface area contributed by atoms with Gasteiger partial charge in [0.1, 0.15) is 17.2 Å². The minimum absolute atomic E-state index is 0.649. The standard InChI is InChI=1S/C15H15BrN4/c1-19(2)10-7-8-13-18-14(15(17)20(13)9-10)11-5-3-4-6-12(11)16/h3-9H,17H2,1-2H3. The minimum atomic E-state index is 0.649. The van der Waals surface area contributed by atoms with Crippen LogP contribution in [0.25, 0.3) is 16.9 Å². The number of pyridine rings is 1. The number of hydrogen-bond acceptors (Lipinski definition) is 3. The number of nitrogen functional groups attached to an aromatic ring is 1. The lowest BCUT2D eigenvalue weighted by molar-refractivity contribution is 1.09. The highest BCUT2D eigenvalue weighted by Gasteiger charge is 2.13. The first-order chi connectivity index (χ1) is 9.58. The maximum atomic E-state index is 6.27. The molecule has 2 heterocycles. The Morgan fingerprint density at radius 2 is 1.90 bits per heavy atom. The van der Waals surface area contributed by atoms with Crippen LogP contribution in [0.3, 0.4) is 0 Å². The molecule has 3 aromatic rings. The maximum absolute atomic E-state index is 6.27. The Kier molecular flexibility index (Phi) is 3.14. The van der Waals surface area contributed by atoms with Gasteiger partial charge in [0.05, 0.1) is 5.69 Å². The number of imidazole rings is 1. The minimum Gasteiger partial charge on any atom is -0.383 e. The van der Waals surface area contributed by atoms with Crippen molar-refractivity contribution in [3.63, 3.8) is 0 Å². The van der Waals surface area contributed by atoms with E-state index in [1.54, 1.807) is 0 Å². The van der Waals surface area contributed by atoms with E-state index in [1.165, 1.54) is 0 Å². The monoisotopic (exact) mass is 330 g/mol. The Bertz CT molecular complexity index is 777. The Balaban J connectivity index is 2.24. The molecule has 0 aliphatic carbocycles. The number of nitrogens with two attached hydrogens (primary N) is 1. The molecule has 0 aliphatic rings. The summed E-state index contributed by atoms with van der Waals surface area (Å²) in [6.45, 7) is 0. The average molecular weight is 331 g/mol. The molecular weight excluding hydrogens is 316 g/mol. The van der Waals surface area contributed by atoms with Crippen molar-refractivity contribution in [2.75, 3.05) is 24.7 Å². The molecule has 0 fully saturated rings. The number of aromatic nitrogens is 2. The van der Waals surface area contributed by atoms with E-state index in [0.29, 0.717) is 5.82 Å². The van der Waals surface area contributed by atoms with Gasteiger partial charge in [-0.05, 0) is 18.2 Å². The van der Waals surface area contributed by atoms with Crippen molar-refractivity contribution in [2.24, 2.45) is 0 Å². The van der Waals surface area contributed by atoms with Gasteiger partial charge in [0.25, 0.3) is 0 Å². The van der Waals surface area contributed by atoms with Crippen LogP contribution in [0.4, 0.5) is 11.5 Å². The lowest BCUT2D eigenvalue weighted by Gasteiger charge is -2.12. The smallest absolute Gasteiger partial charge is 0.139 e. The highest BCUT2D eigenvalue weighted by atomic mass is 79.9. The Hall–Kier alpha value is -2.01. The number of fused-ring (bicyclic) bond motifs is 1. The van der Waals surface area contributed by atoms with Gasteiger partial charge in [0.2, 0.25) is 0 Å². The Morgan fingerprint density at radius 3 is 2.60 bits per heavy atom. The molecule has 5 heteroatoms. The van der Waals surface area contributed by atoms with Crippen LogP contribution >= 0.6 is 15.9 Å². The molecule has 102 valence electrons. The second-order valence-corrected chi connectivity index (χ2v) is 5.69. The molecule has 2 aromatic heterocycles. The number of nitrogens with zero attached hydrogens (tertiary/aromatic N) is 3. The highest BCUT2D eigenvalue weighted by Crippen LogP contribution is 2.32. The van der Waals surface area contributed by atoms with E-state index in [-0.39, 0.29) is 0 Å². The van der Waals surface area contributed by atoms with Crippen LogP contribution < -0.4 is 10.6 Å². The van der Waals surface area contributed by atoms with E-state index >= 15 is 0 Å². The summed E-state index contributed by atoms with van der Waals surface area (Å²) in [5.74, 6) is 0.649. The molecule has 0 saturated heterocycles. The highest BCUT2D eigenvalue weighted by molar-refractivity contribution is 9.10. The van der Waals surface area contributed by atoms with E-state index in [2.05, 4.69) is 20.9 Å². The zero-order valence-corrected chi connectivity index (χ0v) is 12.9. The fraction of sp³-hybridized carbons (Fsp3) is 0.133. The van der Waals surface area contributed by atoms with E-state index in [0.717, 1.165) is 27.1 Å². The van der Waals surface area contributed by atoms with Crippen LogP contribution in [0.1, 0.15) is 0 Å². The van der Waals surface area contributed by atoms with Crippen molar-refractivity contribution < 1.29 is 0 Å². The molecule has 0 atom stereocenters. The topological polar surface area (TPSA) is 46.6 Å². The second kappa shape index (κ2) is 4.83. The molecule has 4 nitrogen and oxygen atoms in total. The summed E-state index contributed by atoms with van der Waals surface area (Å²) < 4.78 is 2.91. The second-order valence-electron chi connectivity index (χ2n) is 4.84. The summed E-state index contributed by atoms with van der Waals surface area (Å²) >= 11 is 3.55. The molecule has 0 radical (unpaired) electrons. The van der Waals surface area contributed by atoms with Crippen LogP contribution in [-0.2, 0) is 0 Å². The fourth-order valence-corrected chi connectivity index (χ4v) is 2.64. The lowest BCUT2D eigenvalue weighted by atomic mass is 10.1. The van der Waals surface area contributed by atoms with Crippen molar-refractivity contribution in [1.29, 1.82) is 0 Å². The van der Waals surface area contributed by atoms with Gasteiger partial charge in [-0.3, -0.25) is 4.40 Å². The quantitative estimate of drug-likeness (QED) is 0.783. The van der Waals surface area contributed by atoms with Gasteiger partial charge in [0.15, 0.2) is 0 Å². The zero-order valence-electron chi connectivity index (χ0n) is 11.3. The summed E-state index contributed by atoms with van der Waals surface area (Å²) in [7, 11) is 4.01. The molecule has 0 saturated carbocycles. The van der Waals surface area contributed by atoms with Crippen LogP contribution in [0.5, 0.6) is 0 Å². The van der Waals surface area contributed by atoms with Crippen molar-refractivity contribution in [3.8, 4) is 11.3 Å². The summed E-state index contributed by atoms with van der Waals surface area (Å²) in [6.07, 6.45) is 2.00. The molecule has 0 spiro atoms. The van der Waals surface area contributed by atoms with Gasteiger partial charge >= 0.3 is 0 Å². The van der Waals surface area contributed by atoms with Crippen LogP contribution in [0, 0.1) is 0 Å². The molecule has 3 rings (SSSR count). The van der Waals surface area contributed by atoms with Gasteiger partial charge in [0, 0.05) is 30.3 Å². The largest absolute Gasteiger partial charge is 0.383 e. The average Bonchev–Trinajstić information content (AvgIpc) is 2.76. The Labute approximate surface area is 126 Å². The molecule has 0 bridgehead atoms. The third kappa shape index (κ3) is 2.04. The summed E-state index contributed by atoms with van der Waals surface area (Å²) in [5, 5.41) is 0. The number of rotatable bonds is 2. The van der Waals surface area contributed by atoms with Crippen molar-refractivity contribution in [1.82, 2.24) is 9.38 Å². The number of hydrogen-bond donors (Lipinski definition) is 1. The third-order valence-electron chi connectivity index (χ3n) is 3.29. The molecule has 0 amide bonds. The molecule has 0 unspecified atom stereocenters. The molecule has 2 N–H and O–H groups in total. The first-order valence-corrected chi connectivity index (χ1v) is 7.07. The van der Waals surface area contributed by atoms with Gasteiger partial charge in [-0.25, -0.2) is 4.98 Å².